The van der Waals surface area contributed by atoms with Crippen molar-refractivity contribution in [2.75, 3.05) is 21.3 Å². The van der Waals surface area contributed by atoms with Crippen LogP contribution in [0.3, 0.4) is 0 Å². The van der Waals surface area contributed by atoms with Crippen LogP contribution < -0.4 is 0 Å². The zero-order chi connectivity index (χ0) is 9.84. The Labute approximate surface area is 80.4 Å². The first kappa shape index (κ1) is 11.0. The Morgan fingerprint density at radius 1 is 0.923 bits per heavy atom. The summed E-state index contributed by atoms with van der Waals surface area (Å²) in [6, 6.07) is 0. The fourth-order valence-corrected chi connectivity index (χ4v) is 2.05. The molecule has 0 heterocycles. The zero-order valence-electron chi connectivity index (χ0n) is 8.66. The third kappa shape index (κ3) is 2.22. The number of hydrogen-bond donors (Lipinski definition) is 0. The van der Waals surface area contributed by atoms with Crippen LogP contribution in [0.5, 0.6) is 0 Å². The van der Waals surface area contributed by atoms with Gasteiger partial charge in [-0.1, -0.05) is 0 Å². The van der Waals surface area contributed by atoms with Gasteiger partial charge in [-0.2, -0.15) is 0 Å². The minimum Gasteiger partial charge on any atom is -0.379 e. The Hall–Kier alpha value is -0.120. The summed E-state index contributed by atoms with van der Waals surface area (Å²) in [7, 11) is 5.11. The van der Waals surface area contributed by atoms with E-state index in [0.29, 0.717) is 5.92 Å². The van der Waals surface area contributed by atoms with Crippen molar-refractivity contribution < 1.29 is 14.2 Å². The summed E-state index contributed by atoms with van der Waals surface area (Å²) in [5.74, 6) is 0.307. The average molecular weight is 187 g/mol. The lowest BCUT2D eigenvalue weighted by atomic mass is 9.83. The molecule has 0 N–H and O–H groups in total. The van der Waals surface area contributed by atoms with Crippen molar-refractivity contribution in [3.63, 3.8) is 0 Å². The van der Waals surface area contributed by atoms with E-state index in [9.17, 15) is 0 Å². The molecule has 13 heavy (non-hydrogen) atoms. The lowest BCUT2D eigenvalue weighted by molar-refractivity contribution is -0.142. The molecular weight excluding hydrogens is 168 g/mol. The van der Waals surface area contributed by atoms with Crippen LogP contribution in [0, 0.1) is 12.8 Å². The quantitative estimate of drug-likeness (QED) is 0.666. The Morgan fingerprint density at radius 2 is 1.54 bits per heavy atom. The lowest BCUT2D eigenvalue weighted by Crippen LogP contribution is -2.48. The van der Waals surface area contributed by atoms with Gasteiger partial charge in [0, 0.05) is 21.3 Å². The Balaban J connectivity index is 2.64. The van der Waals surface area contributed by atoms with Gasteiger partial charge in [-0.25, -0.2) is 0 Å². The minimum atomic E-state index is 0.0197. The molecule has 0 bridgehead atoms. The summed E-state index contributed by atoms with van der Waals surface area (Å²) in [5.41, 5.74) is 0. The second kappa shape index (κ2) is 4.94. The first-order valence-corrected chi connectivity index (χ1v) is 4.66. The topological polar surface area (TPSA) is 27.7 Å². The summed E-state index contributed by atoms with van der Waals surface area (Å²) in [4.78, 5) is 0. The number of ether oxygens (including phenoxy) is 3. The van der Waals surface area contributed by atoms with E-state index in [4.69, 9.17) is 14.2 Å². The molecule has 0 aromatic rings. The largest absolute Gasteiger partial charge is 0.379 e. The lowest BCUT2D eigenvalue weighted by Gasteiger charge is -2.39. The van der Waals surface area contributed by atoms with E-state index in [-0.39, 0.29) is 18.3 Å². The molecule has 0 aromatic carbocycles. The van der Waals surface area contributed by atoms with Crippen LogP contribution >= 0.6 is 0 Å². The van der Waals surface area contributed by atoms with E-state index < -0.39 is 0 Å². The van der Waals surface area contributed by atoms with Crippen LogP contribution in [0.25, 0.3) is 0 Å². The molecule has 0 aliphatic heterocycles. The van der Waals surface area contributed by atoms with Crippen molar-refractivity contribution in [1.29, 1.82) is 0 Å². The van der Waals surface area contributed by atoms with Crippen LogP contribution in [-0.4, -0.2) is 39.6 Å². The highest BCUT2D eigenvalue weighted by Crippen LogP contribution is 2.29. The van der Waals surface area contributed by atoms with Crippen LogP contribution in [0.15, 0.2) is 0 Å². The molecule has 1 fully saturated rings. The molecule has 1 aliphatic carbocycles. The normalized spacial score (nSPS) is 40.6. The Kier molecular flexibility index (Phi) is 4.16. The van der Waals surface area contributed by atoms with Crippen molar-refractivity contribution >= 4 is 0 Å². The summed E-state index contributed by atoms with van der Waals surface area (Å²) in [5, 5.41) is 0. The maximum atomic E-state index is 5.38. The van der Waals surface area contributed by atoms with Crippen molar-refractivity contribution in [2.24, 2.45) is 5.92 Å². The van der Waals surface area contributed by atoms with Crippen molar-refractivity contribution in [3.8, 4) is 0 Å². The maximum Gasteiger partial charge on any atom is 0.110 e. The smallest absolute Gasteiger partial charge is 0.110 e. The number of rotatable bonds is 3. The van der Waals surface area contributed by atoms with Crippen LogP contribution in [-0.2, 0) is 14.2 Å². The van der Waals surface area contributed by atoms with Crippen LogP contribution in [0.1, 0.15) is 12.8 Å². The SMILES string of the molecule is [CH2]C1CCC(OC)C(OC)C1OC. The Morgan fingerprint density at radius 3 is 2.00 bits per heavy atom. The molecule has 0 saturated heterocycles. The van der Waals surface area contributed by atoms with E-state index in [1.807, 2.05) is 0 Å². The van der Waals surface area contributed by atoms with Gasteiger partial charge in [-0.05, 0) is 25.7 Å². The van der Waals surface area contributed by atoms with Gasteiger partial charge in [0.2, 0.25) is 0 Å². The molecule has 3 nitrogen and oxygen atoms in total. The highest BCUT2D eigenvalue weighted by Gasteiger charge is 2.38. The van der Waals surface area contributed by atoms with E-state index in [1.165, 1.54) is 0 Å². The van der Waals surface area contributed by atoms with Crippen molar-refractivity contribution in [3.05, 3.63) is 6.92 Å². The van der Waals surface area contributed by atoms with Gasteiger partial charge in [0.25, 0.3) is 0 Å². The van der Waals surface area contributed by atoms with E-state index >= 15 is 0 Å². The molecular formula is C10H19O3. The predicted octanol–water partition coefficient (Wildman–Crippen LogP) is 1.28. The molecule has 1 aliphatic rings. The standard InChI is InChI=1S/C10H19O3/c1-7-5-6-8(11-2)10(13-4)9(7)12-3/h7-10H,1,5-6H2,2-4H3. The van der Waals surface area contributed by atoms with Gasteiger partial charge in [0.1, 0.15) is 6.10 Å². The Bertz CT molecular complexity index is 149. The monoisotopic (exact) mass is 187 g/mol. The fraction of sp³-hybridized carbons (Fsp3) is 0.900. The molecule has 0 amide bonds. The summed E-state index contributed by atoms with van der Waals surface area (Å²) < 4.78 is 16.1. The molecule has 3 heteroatoms. The molecule has 1 radical (unpaired) electrons. The predicted molar refractivity (Wildman–Crippen MR) is 50.5 cm³/mol. The highest BCUT2D eigenvalue weighted by atomic mass is 16.6. The summed E-state index contributed by atoms with van der Waals surface area (Å²) in [6.07, 6.45) is 2.27. The zero-order valence-corrected chi connectivity index (χ0v) is 8.66. The molecule has 1 saturated carbocycles. The van der Waals surface area contributed by atoms with E-state index in [1.54, 1.807) is 21.3 Å². The van der Waals surface area contributed by atoms with E-state index in [2.05, 4.69) is 6.92 Å². The van der Waals surface area contributed by atoms with E-state index in [0.717, 1.165) is 12.8 Å². The number of methoxy groups -OCH3 is 3. The summed E-state index contributed by atoms with van der Waals surface area (Å²) >= 11 is 0. The van der Waals surface area contributed by atoms with Gasteiger partial charge < -0.3 is 14.2 Å². The second-order valence-corrected chi connectivity index (χ2v) is 3.51. The van der Waals surface area contributed by atoms with Crippen LogP contribution in [0.4, 0.5) is 0 Å². The molecule has 0 aromatic heterocycles. The molecule has 0 spiro atoms. The van der Waals surface area contributed by atoms with Crippen molar-refractivity contribution in [1.82, 2.24) is 0 Å². The van der Waals surface area contributed by atoms with Gasteiger partial charge in [0.05, 0.1) is 12.2 Å². The minimum absolute atomic E-state index is 0.0197. The summed E-state index contributed by atoms with van der Waals surface area (Å²) in [6.45, 7) is 4.06. The fourth-order valence-electron chi connectivity index (χ4n) is 2.05. The number of hydrogen-bond acceptors (Lipinski definition) is 3. The third-order valence-corrected chi connectivity index (χ3v) is 2.82. The van der Waals surface area contributed by atoms with Gasteiger partial charge in [-0.15, -0.1) is 0 Å². The first-order valence-electron chi connectivity index (χ1n) is 4.66. The average Bonchev–Trinajstić information content (AvgIpc) is 2.17. The van der Waals surface area contributed by atoms with Gasteiger partial charge >= 0.3 is 0 Å². The van der Waals surface area contributed by atoms with Crippen molar-refractivity contribution in [2.45, 2.75) is 31.2 Å². The first-order chi connectivity index (χ1) is 6.24. The third-order valence-electron chi connectivity index (χ3n) is 2.82. The van der Waals surface area contributed by atoms with Crippen LogP contribution in [0.2, 0.25) is 0 Å². The second-order valence-electron chi connectivity index (χ2n) is 3.51. The van der Waals surface area contributed by atoms with Gasteiger partial charge in [0.15, 0.2) is 0 Å². The molecule has 4 atom stereocenters. The van der Waals surface area contributed by atoms with Gasteiger partial charge in [-0.3, -0.25) is 0 Å². The molecule has 77 valence electrons. The molecule has 4 unspecified atom stereocenters. The highest BCUT2D eigenvalue weighted by molar-refractivity contribution is 4.91. The molecule has 1 rings (SSSR count). The maximum absolute atomic E-state index is 5.38.